The van der Waals surface area contributed by atoms with E-state index >= 15 is 0 Å². The molecule has 0 aliphatic carbocycles. The SMILES string of the molecule is O=C(O)CC1CN(C2CCN(c3ccc4c(c3)C(=O)N(C3CCC(=O)NC3=O)C4=O)CC2)C1. The van der Waals surface area contributed by atoms with Crippen molar-refractivity contribution in [3.63, 3.8) is 0 Å². The molecule has 4 heterocycles. The highest BCUT2D eigenvalue weighted by Gasteiger charge is 2.45. The predicted molar refractivity (Wildman–Crippen MR) is 116 cm³/mol. The van der Waals surface area contributed by atoms with Crippen LogP contribution in [0.15, 0.2) is 18.2 Å². The van der Waals surface area contributed by atoms with Gasteiger partial charge < -0.3 is 10.0 Å². The second kappa shape index (κ2) is 8.26. The van der Waals surface area contributed by atoms with E-state index in [0.717, 1.165) is 49.6 Å². The van der Waals surface area contributed by atoms with E-state index in [9.17, 15) is 24.0 Å². The third kappa shape index (κ3) is 3.88. The highest BCUT2D eigenvalue weighted by molar-refractivity contribution is 6.23. The van der Waals surface area contributed by atoms with Gasteiger partial charge in [0, 0.05) is 44.3 Å². The summed E-state index contributed by atoms with van der Waals surface area (Å²) in [6, 6.07) is 4.69. The number of hydrogen-bond donors (Lipinski definition) is 2. The Bertz CT molecular complexity index is 1040. The van der Waals surface area contributed by atoms with Crippen LogP contribution in [0.4, 0.5) is 5.69 Å². The molecule has 4 aliphatic heterocycles. The number of fused-ring (bicyclic) bond motifs is 1. The van der Waals surface area contributed by atoms with Gasteiger partial charge in [-0.05, 0) is 43.4 Å². The first-order valence-corrected chi connectivity index (χ1v) is 11.4. The van der Waals surface area contributed by atoms with Crippen LogP contribution in [0, 0.1) is 5.92 Å². The second-order valence-electron chi connectivity index (χ2n) is 9.31. The van der Waals surface area contributed by atoms with Crippen LogP contribution in [0.25, 0.3) is 0 Å². The fourth-order valence-electron chi connectivity index (χ4n) is 5.43. The third-order valence-electron chi connectivity index (χ3n) is 7.22. The quantitative estimate of drug-likeness (QED) is 0.615. The van der Waals surface area contributed by atoms with Crippen LogP contribution >= 0.6 is 0 Å². The minimum Gasteiger partial charge on any atom is -0.481 e. The molecule has 3 saturated heterocycles. The Balaban J connectivity index is 1.23. The monoisotopic (exact) mass is 454 g/mol. The van der Waals surface area contributed by atoms with E-state index in [2.05, 4.69) is 15.1 Å². The molecule has 0 saturated carbocycles. The summed E-state index contributed by atoms with van der Waals surface area (Å²) in [5.41, 5.74) is 1.45. The van der Waals surface area contributed by atoms with E-state index < -0.39 is 35.6 Å². The van der Waals surface area contributed by atoms with Crippen LogP contribution in [-0.4, -0.2) is 82.8 Å². The fraction of sp³-hybridized carbons (Fsp3) is 0.522. The molecule has 1 atom stereocenters. The summed E-state index contributed by atoms with van der Waals surface area (Å²) in [6.07, 6.45) is 2.36. The molecule has 174 valence electrons. The van der Waals surface area contributed by atoms with Gasteiger partial charge in [-0.25, -0.2) is 0 Å². The van der Waals surface area contributed by atoms with E-state index in [0.29, 0.717) is 11.6 Å². The lowest BCUT2D eigenvalue weighted by atomic mass is 9.91. The highest BCUT2D eigenvalue weighted by atomic mass is 16.4. The van der Waals surface area contributed by atoms with Crippen LogP contribution in [0.2, 0.25) is 0 Å². The summed E-state index contributed by atoms with van der Waals surface area (Å²) in [7, 11) is 0. The minimum absolute atomic E-state index is 0.0953. The Labute approximate surface area is 190 Å². The molecule has 33 heavy (non-hydrogen) atoms. The molecule has 3 fully saturated rings. The lowest BCUT2D eigenvalue weighted by molar-refractivity contribution is -0.140. The average molecular weight is 454 g/mol. The first-order valence-electron chi connectivity index (χ1n) is 11.4. The van der Waals surface area contributed by atoms with Crippen molar-refractivity contribution in [2.75, 3.05) is 31.1 Å². The average Bonchev–Trinajstić information content (AvgIpc) is 3.00. The largest absolute Gasteiger partial charge is 0.481 e. The lowest BCUT2D eigenvalue weighted by Crippen LogP contribution is -2.55. The number of imide groups is 2. The molecule has 4 amide bonds. The number of likely N-dealkylation sites (tertiary alicyclic amines) is 1. The van der Waals surface area contributed by atoms with E-state index in [-0.39, 0.29) is 30.7 Å². The van der Waals surface area contributed by atoms with Crippen LogP contribution in [-0.2, 0) is 14.4 Å². The maximum Gasteiger partial charge on any atom is 0.303 e. The van der Waals surface area contributed by atoms with E-state index in [1.807, 2.05) is 6.07 Å². The number of rotatable bonds is 5. The number of benzene rings is 1. The summed E-state index contributed by atoms with van der Waals surface area (Å²) in [4.78, 5) is 65.9. The van der Waals surface area contributed by atoms with Crippen molar-refractivity contribution in [2.45, 2.75) is 44.2 Å². The van der Waals surface area contributed by atoms with Gasteiger partial charge in [-0.15, -0.1) is 0 Å². The van der Waals surface area contributed by atoms with Crippen molar-refractivity contribution in [3.8, 4) is 0 Å². The predicted octanol–water partition coefficient (Wildman–Crippen LogP) is 0.463. The molecule has 1 aromatic rings. The summed E-state index contributed by atoms with van der Waals surface area (Å²) in [5, 5.41) is 11.1. The maximum atomic E-state index is 13.0. The van der Waals surface area contributed by atoms with Gasteiger partial charge in [0.2, 0.25) is 11.8 Å². The number of nitrogens with zero attached hydrogens (tertiary/aromatic N) is 3. The fourth-order valence-corrected chi connectivity index (χ4v) is 5.43. The van der Waals surface area contributed by atoms with Crippen molar-refractivity contribution in [1.82, 2.24) is 15.1 Å². The number of anilines is 1. The summed E-state index contributed by atoms with van der Waals surface area (Å²) in [5.74, 6) is -2.49. The third-order valence-corrected chi connectivity index (χ3v) is 7.22. The highest BCUT2D eigenvalue weighted by Crippen LogP contribution is 2.33. The van der Waals surface area contributed by atoms with Gasteiger partial charge in [-0.1, -0.05) is 0 Å². The topological polar surface area (TPSA) is 127 Å². The molecule has 4 aliphatic rings. The normalized spacial score (nSPS) is 24.7. The van der Waals surface area contributed by atoms with Gasteiger partial charge in [0.1, 0.15) is 6.04 Å². The van der Waals surface area contributed by atoms with Gasteiger partial charge in [0.25, 0.3) is 11.8 Å². The van der Waals surface area contributed by atoms with Crippen LogP contribution in [0.1, 0.15) is 52.8 Å². The first-order chi connectivity index (χ1) is 15.8. The molecule has 10 nitrogen and oxygen atoms in total. The zero-order valence-corrected chi connectivity index (χ0v) is 18.2. The molecule has 0 radical (unpaired) electrons. The Kier molecular flexibility index (Phi) is 5.40. The van der Waals surface area contributed by atoms with Gasteiger partial charge in [0.15, 0.2) is 0 Å². The first kappa shape index (κ1) is 21.6. The Morgan fingerprint density at radius 2 is 1.70 bits per heavy atom. The number of aliphatic carboxylic acids is 1. The van der Waals surface area contributed by atoms with Crippen molar-refractivity contribution in [1.29, 1.82) is 0 Å². The van der Waals surface area contributed by atoms with Gasteiger partial charge in [-0.3, -0.25) is 39.1 Å². The number of piperidine rings is 2. The summed E-state index contributed by atoms with van der Waals surface area (Å²) >= 11 is 0. The molecule has 1 aromatic carbocycles. The minimum atomic E-state index is -0.962. The number of nitrogens with one attached hydrogen (secondary N) is 1. The van der Waals surface area contributed by atoms with Crippen molar-refractivity contribution in [2.24, 2.45) is 5.92 Å². The smallest absolute Gasteiger partial charge is 0.303 e. The maximum absolute atomic E-state index is 13.0. The molecule has 0 bridgehead atoms. The molecule has 5 rings (SSSR count). The molecule has 10 heteroatoms. The Hall–Kier alpha value is -3.27. The molecular weight excluding hydrogens is 428 g/mol. The molecule has 1 unspecified atom stereocenters. The number of carboxylic acid groups (broad SMARTS) is 1. The lowest BCUT2D eigenvalue weighted by Gasteiger charge is -2.47. The van der Waals surface area contributed by atoms with E-state index in [1.165, 1.54) is 0 Å². The van der Waals surface area contributed by atoms with E-state index in [4.69, 9.17) is 5.11 Å². The molecule has 2 N–H and O–H groups in total. The Morgan fingerprint density at radius 3 is 2.36 bits per heavy atom. The van der Waals surface area contributed by atoms with E-state index in [1.54, 1.807) is 12.1 Å². The second-order valence-corrected chi connectivity index (χ2v) is 9.31. The zero-order chi connectivity index (χ0) is 23.3. The Morgan fingerprint density at radius 1 is 1.00 bits per heavy atom. The van der Waals surface area contributed by atoms with Crippen LogP contribution in [0.3, 0.4) is 0 Å². The van der Waals surface area contributed by atoms with Crippen molar-refractivity contribution >= 4 is 35.3 Å². The summed E-state index contributed by atoms with van der Waals surface area (Å²) < 4.78 is 0. The van der Waals surface area contributed by atoms with Gasteiger partial charge >= 0.3 is 5.97 Å². The van der Waals surface area contributed by atoms with Gasteiger partial charge in [-0.2, -0.15) is 0 Å². The number of amides is 4. The van der Waals surface area contributed by atoms with Gasteiger partial charge in [0.05, 0.1) is 17.5 Å². The van der Waals surface area contributed by atoms with Crippen molar-refractivity contribution in [3.05, 3.63) is 29.3 Å². The number of carbonyl (C=O) groups excluding carboxylic acids is 4. The number of carbonyl (C=O) groups is 5. The van der Waals surface area contributed by atoms with Crippen molar-refractivity contribution < 1.29 is 29.1 Å². The molecule has 0 spiro atoms. The number of hydrogen-bond acceptors (Lipinski definition) is 7. The molecular formula is C23H26N4O6. The molecule has 0 aromatic heterocycles. The zero-order valence-electron chi connectivity index (χ0n) is 18.2. The van der Waals surface area contributed by atoms with Crippen LogP contribution < -0.4 is 10.2 Å². The number of carboxylic acids is 1. The standard InChI is InChI=1S/C23H26N4O6/c28-19-4-3-18(21(31)24-19)27-22(32)16-2-1-15(10-17(16)23(27)33)25-7-5-14(6-8-25)26-11-13(12-26)9-20(29)30/h1-2,10,13-14,18H,3-9,11-12H2,(H,29,30)(H,24,28,31). The summed E-state index contributed by atoms with van der Waals surface area (Å²) in [6.45, 7) is 3.29. The van der Waals surface area contributed by atoms with Crippen LogP contribution in [0.5, 0.6) is 0 Å².